The van der Waals surface area contributed by atoms with E-state index in [4.69, 9.17) is 11.6 Å². The standard InChI is InChI=1S/C13H13ClN2O3/c14-10-7-4-8-11(16(18)19)12(10)13(17)15-9-5-2-1-3-6-9/h1-2,4,7-9H,3,5-6H2,(H,15,17). The van der Waals surface area contributed by atoms with E-state index in [2.05, 4.69) is 11.4 Å². The fraction of sp³-hybridized carbons (Fsp3) is 0.308. The molecule has 1 aromatic carbocycles. The largest absolute Gasteiger partial charge is 0.349 e. The summed E-state index contributed by atoms with van der Waals surface area (Å²) in [5.41, 5.74) is -0.333. The fourth-order valence-electron chi connectivity index (χ4n) is 2.07. The molecule has 1 atom stereocenters. The molecular formula is C13H13ClN2O3. The normalized spacial score (nSPS) is 18.1. The maximum atomic E-state index is 12.1. The number of amides is 1. The molecule has 0 spiro atoms. The Morgan fingerprint density at radius 3 is 2.84 bits per heavy atom. The highest BCUT2D eigenvalue weighted by molar-refractivity contribution is 6.34. The molecule has 1 N–H and O–H groups in total. The summed E-state index contributed by atoms with van der Waals surface area (Å²) in [6.07, 6.45) is 6.52. The van der Waals surface area contributed by atoms with Gasteiger partial charge in [0.25, 0.3) is 11.6 Å². The molecular weight excluding hydrogens is 268 g/mol. The Morgan fingerprint density at radius 2 is 2.21 bits per heavy atom. The van der Waals surface area contributed by atoms with Crippen molar-refractivity contribution in [3.63, 3.8) is 0 Å². The van der Waals surface area contributed by atoms with Gasteiger partial charge in [-0.3, -0.25) is 14.9 Å². The summed E-state index contributed by atoms with van der Waals surface area (Å²) in [6.45, 7) is 0. The average molecular weight is 281 g/mol. The summed E-state index contributed by atoms with van der Waals surface area (Å²) in [5.74, 6) is -0.488. The van der Waals surface area contributed by atoms with Gasteiger partial charge in [-0.25, -0.2) is 0 Å². The molecule has 0 aromatic heterocycles. The van der Waals surface area contributed by atoms with Crippen molar-refractivity contribution in [1.82, 2.24) is 5.32 Å². The lowest BCUT2D eigenvalue weighted by atomic mass is 10.0. The number of carbonyl (C=O) groups excluding carboxylic acids is 1. The number of allylic oxidation sites excluding steroid dienone is 1. The summed E-state index contributed by atoms with van der Waals surface area (Å²) in [7, 11) is 0. The highest BCUT2D eigenvalue weighted by Crippen LogP contribution is 2.26. The molecule has 0 saturated carbocycles. The molecule has 1 aliphatic carbocycles. The fourth-order valence-corrected chi connectivity index (χ4v) is 2.33. The molecule has 1 aromatic rings. The maximum absolute atomic E-state index is 12.1. The Bertz CT molecular complexity index is 543. The molecule has 0 aliphatic heterocycles. The van der Waals surface area contributed by atoms with Crippen LogP contribution < -0.4 is 5.32 Å². The monoisotopic (exact) mass is 280 g/mol. The lowest BCUT2D eigenvalue weighted by molar-refractivity contribution is -0.385. The quantitative estimate of drug-likeness (QED) is 0.525. The lowest BCUT2D eigenvalue weighted by Crippen LogP contribution is -2.35. The number of halogens is 1. The van der Waals surface area contributed by atoms with E-state index in [1.54, 1.807) is 0 Å². The lowest BCUT2D eigenvalue weighted by Gasteiger charge is -2.19. The van der Waals surface area contributed by atoms with E-state index in [0.29, 0.717) is 0 Å². The third-order valence-corrected chi connectivity index (χ3v) is 3.33. The Balaban J connectivity index is 2.23. The van der Waals surface area contributed by atoms with Gasteiger partial charge < -0.3 is 5.32 Å². The number of hydrogen-bond donors (Lipinski definition) is 1. The minimum absolute atomic E-state index is 0.00776. The van der Waals surface area contributed by atoms with Crippen molar-refractivity contribution in [3.8, 4) is 0 Å². The summed E-state index contributed by atoms with van der Waals surface area (Å²) in [5, 5.41) is 13.8. The van der Waals surface area contributed by atoms with Gasteiger partial charge >= 0.3 is 0 Å². The zero-order valence-electron chi connectivity index (χ0n) is 10.1. The molecule has 100 valence electrons. The molecule has 19 heavy (non-hydrogen) atoms. The summed E-state index contributed by atoms with van der Waals surface area (Å²) in [6, 6.07) is 4.22. The van der Waals surface area contributed by atoms with Crippen LogP contribution in [0.15, 0.2) is 30.4 Å². The minimum atomic E-state index is -0.596. The van der Waals surface area contributed by atoms with Crippen LogP contribution >= 0.6 is 11.6 Å². The number of nitrogens with zero attached hydrogens (tertiary/aromatic N) is 1. The predicted molar refractivity (Wildman–Crippen MR) is 72.4 cm³/mol. The van der Waals surface area contributed by atoms with Gasteiger partial charge in [0.05, 0.1) is 9.95 Å². The number of nitrogens with one attached hydrogen (secondary N) is 1. The second-order valence-electron chi connectivity index (χ2n) is 4.35. The zero-order chi connectivity index (χ0) is 13.8. The van der Waals surface area contributed by atoms with Gasteiger partial charge in [-0.05, 0) is 25.3 Å². The second-order valence-corrected chi connectivity index (χ2v) is 4.75. The molecule has 2 rings (SSSR count). The predicted octanol–water partition coefficient (Wildman–Crippen LogP) is 3.09. The topological polar surface area (TPSA) is 72.2 Å². The van der Waals surface area contributed by atoms with Crippen LogP contribution in [0.4, 0.5) is 5.69 Å². The van der Waals surface area contributed by atoms with Crippen molar-refractivity contribution >= 4 is 23.2 Å². The number of nitro groups is 1. The number of hydrogen-bond acceptors (Lipinski definition) is 3. The highest BCUT2D eigenvalue weighted by atomic mass is 35.5. The Hall–Kier alpha value is -1.88. The highest BCUT2D eigenvalue weighted by Gasteiger charge is 2.25. The first kappa shape index (κ1) is 13.5. The van der Waals surface area contributed by atoms with Crippen molar-refractivity contribution in [3.05, 3.63) is 51.1 Å². The summed E-state index contributed by atoms with van der Waals surface area (Å²) in [4.78, 5) is 22.5. The molecule has 1 unspecified atom stereocenters. The van der Waals surface area contributed by atoms with Crippen LogP contribution in [0.1, 0.15) is 29.6 Å². The molecule has 1 aliphatic rings. The Morgan fingerprint density at radius 1 is 1.42 bits per heavy atom. The molecule has 0 radical (unpaired) electrons. The van der Waals surface area contributed by atoms with Crippen molar-refractivity contribution in [1.29, 1.82) is 0 Å². The van der Waals surface area contributed by atoms with Gasteiger partial charge in [0.1, 0.15) is 5.56 Å². The van der Waals surface area contributed by atoms with E-state index in [-0.39, 0.29) is 22.3 Å². The minimum Gasteiger partial charge on any atom is -0.349 e. The number of carbonyl (C=O) groups is 1. The molecule has 0 saturated heterocycles. The van der Waals surface area contributed by atoms with Crippen molar-refractivity contribution < 1.29 is 9.72 Å². The van der Waals surface area contributed by atoms with Crippen molar-refractivity contribution in [2.24, 2.45) is 0 Å². The molecule has 0 bridgehead atoms. The first-order valence-electron chi connectivity index (χ1n) is 5.98. The first-order chi connectivity index (χ1) is 9.09. The van der Waals surface area contributed by atoms with E-state index in [1.807, 2.05) is 6.08 Å². The smallest absolute Gasteiger partial charge is 0.283 e. The summed E-state index contributed by atoms with van der Waals surface area (Å²) < 4.78 is 0. The van der Waals surface area contributed by atoms with Crippen molar-refractivity contribution in [2.45, 2.75) is 25.3 Å². The number of rotatable bonds is 3. The van der Waals surface area contributed by atoms with Gasteiger partial charge in [0.15, 0.2) is 0 Å². The van der Waals surface area contributed by atoms with Crippen LogP contribution in [0, 0.1) is 10.1 Å². The van der Waals surface area contributed by atoms with Crippen LogP contribution in [0.5, 0.6) is 0 Å². The van der Waals surface area contributed by atoms with E-state index in [9.17, 15) is 14.9 Å². The first-order valence-corrected chi connectivity index (χ1v) is 6.36. The zero-order valence-corrected chi connectivity index (χ0v) is 10.9. The van der Waals surface area contributed by atoms with Crippen LogP contribution in [0.2, 0.25) is 5.02 Å². The van der Waals surface area contributed by atoms with Crippen LogP contribution in [0.25, 0.3) is 0 Å². The maximum Gasteiger partial charge on any atom is 0.283 e. The van der Waals surface area contributed by atoms with Crippen LogP contribution in [-0.2, 0) is 0 Å². The van der Waals surface area contributed by atoms with Crippen LogP contribution in [-0.4, -0.2) is 16.9 Å². The van der Waals surface area contributed by atoms with Gasteiger partial charge in [-0.15, -0.1) is 0 Å². The van der Waals surface area contributed by atoms with Crippen molar-refractivity contribution in [2.75, 3.05) is 0 Å². The molecule has 0 fully saturated rings. The van der Waals surface area contributed by atoms with E-state index in [1.165, 1.54) is 18.2 Å². The average Bonchev–Trinajstić information content (AvgIpc) is 2.39. The second kappa shape index (κ2) is 5.84. The Labute approximate surface area is 115 Å². The van der Waals surface area contributed by atoms with Crippen LogP contribution in [0.3, 0.4) is 0 Å². The third-order valence-electron chi connectivity index (χ3n) is 3.02. The molecule has 5 nitrogen and oxygen atoms in total. The summed E-state index contributed by atoms with van der Waals surface area (Å²) >= 11 is 5.91. The van der Waals surface area contributed by atoms with E-state index < -0.39 is 10.8 Å². The Kier molecular flexibility index (Phi) is 4.16. The number of nitro benzene ring substituents is 1. The van der Waals surface area contributed by atoms with Gasteiger partial charge in [-0.1, -0.05) is 29.8 Å². The third kappa shape index (κ3) is 3.12. The molecule has 0 heterocycles. The molecule has 6 heteroatoms. The van der Waals surface area contributed by atoms with Gasteiger partial charge in [0.2, 0.25) is 0 Å². The van der Waals surface area contributed by atoms with Gasteiger partial charge in [-0.2, -0.15) is 0 Å². The number of benzene rings is 1. The SMILES string of the molecule is O=C(NC1CC=CCC1)c1c(Cl)cccc1[N+](=O)[O-]. The molecule has 1 amide bonds. The van der Waals surface area contributed by atoms with E-state index in [0.717, 1.165) is 19.3 Å². The van der Waals surface area contributed by atoms with Gasteiger partial charge in [0, 0.05) is 12.1 Å². The van der Waals surface area contributed by atoms with E-state index >= 15 is 0 Å².